The number of carboxylic acids is 2. The van der Waals surface area contributed by atoms with Crippen LogP contribution in [0.5, 0.6) is 0 Å². The summed E-state index contributed by atoms with van der Waals surface area (Å²) in [6.45, 7) is 0. The van der Waals surface area contributed by atoms with Crippen LogP contribution in [-0.4, -0.2) is 60.0 Å². The molecule has 0 unspecified atom stereocenters. The molecule has 0 bridgehead atoms. The lowest BCUT2D eigenvalue weighted by atomic mass is 10.1. The van der Waals surface area contributed by atoms with Crippen molar-refractivity contribution in [1.29, 1.82) is 0 Å². The maximum absolute atomic E-state index is 12.9. The first kappa shape index (κ1) is 29.1. The van der Waals surface area contributed by atoms with E-state index in [0.717, 1.165) is 6.07 Å². The quantitative estimate of drug-likeness (QED) is 0.163. The molecule has 2 heterocycles. The zero-order valence-corrected chi connectivity index (χ0v) is 21.4. The Morgan fingerprint density at radius 1 is 0.925 bits per heavy atom. The van der Waals surface area contributed by atoms with Gasteiger partial charge < -0.3 is 35.3 Å². The van der Waals surface area contributed by atoms with Crippen LogP contribution in [0.3, 0.4) is 0 Å². The maximum atomic E-state index is 12.9. The van der Waals surface area contributed by atoms with Crippen LogP contribution in [0.25, 0.3) is 0 Å². The second kappa shape index (κ2) is 12.4. The highest BCUT2D eigenvalue weighted by molar-refractivity contribution is 6.07. The number of benzene rings is 1. The number of hydrogen-bond donors (Lipinski definition) is 5. The van der Waals surface area contributed by atoms with E-state index in [-0.39, 0.29) is 35.6 Å². The normalized spacial score (nSPS) is 11.3. The number of hydrogen-bond acceptors (Lipinski definition) is 7. The zero-order chi connectivity index (χ0) is 29.6. The molecule has 0 aliphatic heterocycles. The third kappa shape index (κ3) is 7.53. The van der Waals surface area contributed by atoms with Gasteiger partial charge in [-0.3, -0.25) is 29.3 Å². The van der Waals surface area contributed by atoms with Crippen LogP contribution in [0.1, 0.15) is 39.4 Å². The van der Waals surface area contributed by atoms with Crippen LogP contribution in [0.4, 0.5) is 17.1 Å². The molecule has 3 rings (SSSR count). The summed E-state index contributed by atoms with van der Waals surface area (Å²) >= 11 is 0. The lowest BCUT2D eigenvalue weighted by Crippen LogP contribution is -2.41. The molecule has 15 heteroatoms. The molecule has 0 saturated carbocycles. The van der Waals surface area contributed by atoms with Crippen LogP contribution in [0, 0.1) is 10.1 Å². The summed E-state index contributed by atoms with van der Waals surface area (Å²) in [6, 6.07) is 7.51. The maximum Gasteiger partial charge on any atom is 0.326 e. The van der Waals surface area contributed by atoms with Gasteiger partial charge in [-0.2, -0.15) is 0 Å². The summed E-state index contributed by atoms with van der Waals surface area (Å²) in [5, 5.41) is 36.5. The first-order valence-electron chi connectivity index (χ1n) is 11.8. The molecule has 1 aromatic carbocycles. The van der Waals surface area contributed by atoms with Crippen molar-refractivity contribution in [2.45, 2.75) is 25.3 Å². The molecule has 40 heavy (non-hydrogen) atoms. The molecule has 3 aromatic rings. The molecule has 5 N–H and O–H groups in total. The Hall–Kier alpha value is -5.47. The molecule has 210 valence electrons. The minimum Gasteiger partial charge on any atom is -0.481 e. The molecule has 0 aliphatic rings. The van der Waals surface area contributed by atoms with Gasteiger partial charge in [-0.15, -0.1) is 0 Å². The lowest BCUT2D eigenvalue weighted by molar-refractivity contribution is -0.384. The summed E-state index contributed by atoms with van der Waals surface area (Å²) < 4.78 is 2.79. The van der Waals surface area contributed by atoms with Gasteiger partial charge in [0.1, 0.15) is 17.4 Å². The molecule has 0 fully saturated rings. The van der Waals surface area contributed by atoms with Gasteiger partial charge in [-0.05, 0) is 30.2 Å². The van der Waals surface area contributed by atoms with E-state index in [4.69, 9.17) is 5.11 Å². The first-order chi connectivity index (χ1) is 18.8. The third-order valence-electron chi connectivity index (χ3n) is 5.76. The van der Waals surface area contributed by atoms with Gasteiger partial charge in [-0.25, -0.2) is 4.79 Å². The van der Waals surface area contributed by atoms with Crippen molar-refractivity contribution in [2.24, 2.45) is 14.1 Å². The fourth-order valence-electron chi connectivity index (χ4n) is 3.84. The predicted molar refractivity (Wildman–Crippen MR) is 140 cm³/mol. The van der Waals surface area contributed by atoms with E-state index in [9.17, 15) is 39.2 Å². The Labute approximate surface area is 226 Å². The molecule has 0 saturated heterocycles. The number of carboxylic acid groups (broad SMARTS) is 2. The molecule has 0 radical (unpaired) electrons. The minimum atomic E-state index is -1.35. The van der Waals surface area contributed by atoms with Crippen molar-refractivity contribution in [3.05, 3.63) is 75.9 Å². The zero-order valence-electron chi connectivity index (χ0n) is 21.4. The monoisotopic (exact) mass is 554 g/mol. The van der Waals surface area contributed by atoms with Crippen molar-refractivity contribution in [1.82, 2.24) is 14.5 Å². The van der Waals surface area contributed by atoms with Gasteiger partial charge in [0.15, 0.2) is 0 Å². The average molecular weight is 555 g/mol. The summed E-state index contributed by atoms with van der Waals surface area (Å²) in [5.41, 5.74) is 1.09. The highest BCUT2D eigenvalue weighted by atomic mass is 16.6. The van der Waals surface area contributed by atoms with Crippen molar-refractivity contribution in [3.8, 4) is 0 Å². The molecule has 15 nitrogen and oxygen atoms in total. The van der Waals surface area contributed by atoms with E-state index in [1.807, 2.05) is 0 Å². The first-order valence-corrected chi connectivity index (χ1v) is 11.8. The number of nitrogens with zero attached hydrogens (tertiary/aromatic N) is 3. The number of aliphatic carboxylic acids is 2. The minimum absolute atomic E-state index is 0.0546. The second-order valence-electron chi connectivity index (χ2n) is 8.85. The standard InChI is InChI=1S/C25H26N6O9/c1-29-12-16(27-24(36)20-11-17(31(39)40)13-30(20)2)10-19(29)23(35)26-15-5-3-4-14(8-15)9-21(32)28-18(25(37)38)6-7-22(33)34/h3-5,8,10-13,18H,6-7,9H2,1-2H3,(H,26,35)(H,27,36)(H,28,32)(H,33,34)(H,37,38)/t18-/m0/s1. The number of carbonyl (C=O) groups is 5. The van der Waals surface area contributed by atoms with Crippen molar-refractivity contribution >= 4 is 46.7 Å². The number of nitrogens with one attached hydrogen (secondary N) is 3. The fraction of sp³-hybridized carbons (Fsp3) is 0.240. The molecule has 2 aromatic heterocycles. The number of amides is 3. The smallest absolute Gasteiger partial charge is 0.326 e. The van der Waals surface area contributed by atoms with E-state index in [1.54, 1.807) is 25.2 Å². The van der Waals surface area contributed by atoms with Gasteiger partial charge in [0.2, 0.25) is 5.91 Å². The largest absolute Gasteiger partial charge is 0.481 e. The Morgan fingerprint density at radius 3 is 2.15 bits per heavy atom. The number of nitro groups is 1. The molecule has 1 atom stereocenters. The highest BCUT2D eigenvalue weighted by Gasteiger charge is 2.22. The molecular formula is C25H26N6O9. The molecule has 3 amide bonds. The summed E-state index contributed by atoms with van der Waals surface area (Å²) in [6.07, 6.45) is 1.81. The predicted octanol–water partition coefficient (Wildman–Crippen LogP) is 1.75. The van der Waals surface area contributed by atoms with Crippen LogP contribution in [0.15, 0.2) is 48.8 Å². The van der Waals surface area contributed by atoms with Crippen LogP contribution >= 0.6 is 0 Å². The van der Waals surface area contributed by atoms with E-state index in [1.165, 1.54) is 40.7 Å². The van der Waals surface area contributed by atoms with E-state index in [2.05, 4.69) is 16.0 Å². The summed E-state index contributed by atoms with van der Waals surface area (Å²) in [7, 11) is 3.08. The Balaban J connectivity index is 1.64. The lowest BCUT2D eigenvalue weighted by Gasteiger charge is -2.14. The SMILES string of the molecule is Cn1cc(NC(=O)c2cc([N+](=O)[O-])cn2C)cc1C(=O)Nc1cccc(CC(=O)N[C@@H](CCC(=O)O)C(=O)O)c1. The van der Waals surface area contributed by atoms with Crippen LogP contribution in [-0.2, 0) is 34.9 Å². The topological polar surface area (TPSA) is 215 Å². The van der Waals surface area contributed by atoms with Gasteiger partial charge in [-0.1, -0.05) is 12.1 Å². The Kier molecular flexibility index (Phi) is 9.01. The summed E-state index contributed by atoms with van der Waals surface area (Å²) in [4.78, 5) is 70.2. The van der Waals surface area contributed by atoms with Crippen LogP contribution < -0.4 is 16.0 Å². The molecular weight excluding hydrogens is 528 g/mol. The molecule has 0 aliphatic carbocycles. The fourth-order valence-corrected chi connectivity index (χ4v) is 3.84. The number of rotatable bonds is 12. The van der Waals surface area contributed by atoms with Crippen molar-refractivity contribution in [3.63, 3.8) is 0 Å². The van der Waals surface area contributed by atoms with E-state index < -0.39 is 47.0 Å². The van der Waals surface area contributed by atoms with Gasteiger partial charge in [0.25, 0.3) is 17.5 Å². The number of aromatic nitrogens is 2. The molecule has 0 spiro atoms. The average Bonchev–Trinajstić information content (AvgIpc) is 3.43. The second-order valence-corrected chi connectivity index (χ2v) is 8.85. The third-order valence-corrected chi connectivity index (χ3v) is 5.76. The van der Waals surface area contributed by atoms with Crippen LogP contribution in [0.2, 0.25) is 0 Å². The van der Waals surface area contributed by atoms with Crippen molar-refractivity contribution < 1.29 is 39.1 Å². The van der Waals surface area contributed by atoms with Gasteiger partial charge in [0.05, 0.1) is 23.2 Å². The Morgan fingerprint density at radius 2 is 1.55 bits per heavy atom. The summed E-state index contributed by atoms with van der Waals surface area (Å²) in [5.74, 6) is -4.30. The number of aryl methyl sites for hydroxylation is 2. The van der Waals surface area contributed by atoms with Gasteiger partial charge >= 0.3 is 11.9 Å². The number of carbonyl (C=O) groups excluding carboxylic acids is 3. The van der Waals surface area contributed by atoms with Gasteiger partial charge in [0, 0.05) is 38.5 Å². The highest BCUT2D eigenvalue weighted by Crippen LogP contribution is 2.20. The van der Waals surface area contributed by atoms with E-state index in [0.29, 0.717) is 11.3 Å². The van der Waals surface area contributed by atoms with E-state index >= 15 is 0 Å². The van der Waals surface area contributed by atoms with Crippen molar-refractivity contribution in [2.75, 3.05) is 10.6 Å². The number of anilines is 2. The Bertz CT molecular complexity index is 1490.